The Morgan fingerprint density at radius 1 is 0.968 bits per heavy atom. The summed E-state index contributed by atoms with van der Waals surface area (Å²) in [6.07, 6.45) is 15.4. The van der Waals surface area contributed by atoms with Crippen LogP contribution in [0.5, 0.6) is 0 Å². The van der Waals surface area contributed by atoms with Crippen LogP contribution in [0.4, 0.5) is 0 Å². The van der Waals surface area contributed by atoms with Crippen LogP contribution in [-0.4, -0.2) is 54.8 Å². The second-order valence-electron chi connectivity index (χ2n) is 6.71. The number of allylic oxidation sites excluding steroid dienone is 4. The van der Waals surface area contributed by atoms with E-state index in [2.05, 4.69) is 45.0 Å². The summed E-state index contributed by atoms with van der Waals surface area (Å²) in [7, 11) is 4.11. The van der Waals surface area contributed by atoms with E-state index < -0.39 is 23.8 Å². The van der Waals surface area contributed by atoms with Crippen molar-refractivity contribution in [2.24, 2.45) is 11.8 Å². The molecule has 0 atom stereocenters. The number of unbranched alkanes of at least 4 members (excludes halogenated alkanes) is 1. The molecule has 0 aromatic heterocycles. The molecule has 31 heavy (non-hydrogen) atoms. The maximum Gasteiger partial charge on any atom is 2.00 e. The molecular formula is C25H31NO4Sn. The minimum atomic E-state index is -1.03. The van der Waals surface area contributed by atoms with Gasteiger partial charge in [-0.3, -0.25) is 0 Å². The fourth-order valence-electron chi connectivity index (χ4n) is 2.05. The second-order valence-corrected chi connectivity index (χ2v) is 6.71. The van der Waals surface area contributed by atoms with Gasteiger partial charge < -0.3 is 24.7 Å². The first-order valence-corrected chi connectivity index (χ1v) is 9.83. The fourth-order valence-corrected chi connectivity index (χ4v) is 2.05. The van der Waals surface area contributed by atoms with E-state index in [1.54, 1.807) is 48.6 Å². The van der Waals surface area contributed by atoms with Crippen LogP contribution in [0.3, 0.4) is 0 Å². The van der Waals surface area contributed by atoms with Gasteiger partial charge in [-0.05, 0) is 25.7 Å². The van der Waals surface area contributed by atoms with Gasteiger partial charge in [0.2, 0.25) is 0 Å². The Morgan fingerprint density at radius 3 is 1.61 bits per heavy atom. The summed E-state index contributed by atoms with van der Waals surface area (Å²) in [6.45, 7) is 6.70. The van der Waals surface area contributed by atoms with Crippen molar-refractivity contribution in [2.45, 2.75) is 26.3 Å². The molecule has 0 unspecified atom stereocenters. The summed E-state index contributed by atoms with van der Waals surface area (Å²) in [5, 5.41) is 20.0. The van der Waals surface area contributed by atoms with Crippen molar-refractivity contribution in [2.75, 3.05) is 14.1 Å². The monoisotopic (exact) mass is 529 g/mol. The van der Waals surface area contributed by atoms with Gasteiger partial charge in [-0.15, -0.1) is 0 Å². The van der Waals surface area contributed by atoms with Crippen LogP contribution >= 0.6 is 0 Å². The van der Waals surface area contributed by atoms with Crippen LogP contribution in [-0.2, 0) is 16.1 Å². The Bertz CT molecular complexity index is 660. The number of carboxylic acid groups (broad SMARTS) is 2. The number of carboxylic acids is 2. The summed E-state index contributed by atoms with van der Waals surface area (Å²) in [5.41, 5.74) is 1.24. The van der Waals surface area contributed by atoms with E-state index >= 15 is 0 Å². The summed E-state index contributed by atoms with van der Waals surface area (Å²) >= 11 is 0. The molecular weight excluding hydrogens is 497 g/mol. The molecule has 2 aliphatic carbocycles. The quantitative estimate of drug-likeness (QED) is 0.545. The Hall–Kier alpha value is -2.12. The van der Waals surface area contributed by atoms with Crippen LogP contribution in [0.1, 0.15) is 25.3 Å². The SMILES string of the molecule is CN(C)Cc1[c]cccc1.O=C([O-])C1C=CC=C1.O=C([O-])C1C=CC=C1.[CH2]CCC.[Sn+2]. The van der Waals surface area contributed by atoms with Crippen molar-refractivity contribution < 1.29 is 19.8 Å². The number of hydrogen-bond donors (Lipinski definition) is 0. The van der Waals surface area contributed by atoms with E-state index in [1.807, 2.05) is 18.2 Å². The third-order valence-electron chi connectivity index (χ3n) is 3.65. The summed E-state index contributed by atoms with van der Waals surface area (Å²) in [5.74, 6) is -3.05. The minimum absolute atomic E-state index is 0. The van der Waals surface area contributed by atoms with Gasteiger partial charge in [-0.25, -0.2) is 0 Å². The van der Waals surface area contributed by atoms with Crippen LogP contribution in [0, 0.1) is 24.8 Å². The molecule has 0 saturated heterocycles. The Morgan fingerprint density at radius 2 is 1.39 bits per heavy atom. The number of hydrogen-bond acceptors (Lipinski definition) is 5. The van der Waals surface area contributed by atoms with Crippen LogP contribution in [0.25, 0.3) is 0 Å². The number of carbonyl (C=O) groups excluding carboxylic acids is 2. The van der Waals surface area contributed by atoms with Crippen molar-refractivity contribution >= 4 is 35.8 Å². The normalized spacial score (nSPS) is 13.3. The molecule has 4 radical (unpaired) electrons. The predicted octanol–water partition coefficient (Wildman–Crippen LogP) is 1.75. The first kappa shape index (κ1) is 31.1. The first-order chi connectivity index (χ1) is 14.3. The van der Waals surface area contributed by atoms with E-state index in [-0.39, 0.29) is 23.9 Å². The topological polar surface area (TPSA) is 83.5 Å². The molecule has 5 nitrogen and oxygen atoms in total. The van der Waals surface area contributed by atoms with Gasteiger partial charge >= 0.3 is 23.9 Å². The summed E-state index contributed by atoms with van der Waals surface area (Å²) < 4.78 is 0. The van der Waals surface area contributed by atoms with Crippen LogP contribution in [0.15, 0.2) is 72.9 Å². The average molecular weight is 528 g/mol. The number of benzene rings is 1. The zero-order valence-electron chi connectivity index (χ0n) is 18.5. The molecule has 2 aliphatic rings. The Balaban J connectivity index is 0. The summed E-state index contributed by atoms with van der Waals surface area (Å²) in [4.78, 5) is 22.1. The van der Waals surface area contributed by atoms with Crippen molar-refractivity contribution in [3.8, 4) is 0 Å². The number of aliphatic carboxylic acids is 2. The third kappa shape index (κ3) is 17.3. The standard InChI is InChI=1S/C9H12N.2C6H6O2.C4H9.Sn/c1-10(2)8-9-6-4-3-5-7-9;2*7-6(8)5-3-1-2-4-5;1-3-4-2;/h3-6H,8H2,1-2H3;2*1-5H,(H,7,8);1,3-4H2,2H3;/q;;;;+2/p-2. The van der Waals surface area contributed by atoms with Crippen molar-refractivity contribution in [3.63, 3.8) is 0 Å². The molecule has 0 N–H and O–H groups in total. The number of carbonyl (C=O) groups is 2. The van der Waals surface area contributed by atoms with Crippen LogP contribution < -0.4 is 10.2 Å². The van der Waals surface area contributed by atoms with E-state index in [4.69, 9.17) is 0 Å². The summed E-state index contributed by atoms with van der Waals surface area (Å²) in [6, 6.07) is 11.2. The zero-order valence-corrected chi connectivity index (χ0v) is 21.3. The van der Waals surface area contributed by atoms with Crippen LogP contribution in [0.2, 0.25) is 0 Å². The van der Waals surface area contributed by atoms with Crippen molar-refractivity contribution in [3.05, 3.63) is 91.4 Å². The van der Waals surface area contributed by atoms with E-state index in [0.717, 1.165) is 13.0 Å². The molecule has 0 bridgehead atoms. The maximum absolute atomic E-state index is 9.99. The Kier molecular flexibility index (Phi) is 19.9. The molecule has 1 aromatic carbocycles. The molecule has 0 spiro atoms. The Labute approximate surface area is 203 Å². The largest absolute Gasteiger partial charge is 2.00 e. The molecule has 3 rings (SSSR count). The second kappa shape index (κ2) is 19.8. The molecule has 0 heterocycles. The third-order valence-corrected chi connectivity index (χ3v) is 3.65. The van der Waals surface area contributed by atoms with Crippen molar-refractivity contribution in [1.29, 1.82) is 0 Å². The molecule has 6 heteroatoms. The van der Waals surface area contributed by atoms with Gasteiger partial charge in [-0.1, -0.05) is 99.6 Å². The van der Waals surface area contributed by atoms with E-state index in [0.29, 0.717) is 0 Å². The van der Waals surface area contributed by atoms with Crippen molar-refractivity contribution in [1.82, 2.24) is 4.90 Å². The van der Waals surface area contributed by atoms with Gasteiger partial charge in [0.05, 0.1) is 11.9 Å². The van der Waals surface area contributed by atoms with Gasteiger partial charge in [0, 0.05) is 18.4 Å². The molecule has 0 amide bonds. The molecule has 0 fully saturated rings. The first-order valence-electron chi connectivity index (χ1n) is 9.83. The fraction of sp³-hybridized carbons (Fsp3) is 0.320. The zero-order chi connectivity index (χ0) is 22.8. The minimum Gasteiger partial charge on any atom is -0.549 e. The number of rotatable bonds is 5. The van der Waals surface area contributed by atoms with E-state index in [1.165, 1.54) is 12.0 Å². The predicted molar refractivity (Wildman–Crippen MR) is 122 cm³/mol. The maximum atomic E-state index is 9.99. The van der Waals surface area contributed by atoms with Gasteiger partial charge in [0.1, 0.15) is 0 Å². The van der Waals surface area contributed by atoms with Gasteiger partial charge in [0.25, 0.3) is 0 Å². The molecule has 0 aliphatic heterocycles. The van der Waals surface area contributed by atoms with Gasteiger partial charge in [0.15, 0.2) is 0 Å². The average Bonchev–Trinajstić information content (AvgIpc) is 3.43. The molecule has 164 valence electrons. The van der Waals surface area contributed by atoms with E-state index in [9.17, 15) is 19.8 Å². The number of nitrogens with zero attached hydrogens (tertiary/aromatic N) is 1. The molecule has 0 saturated carbocycles. The molecule has 1 aromatic rings. The smallest absolute Gasteiger partial charge is 0.549 e. The van der Waals surface area contributed by atoms with Gasteiger partial charge in [-0.2, -0.15) is 0 Å².